The van der Waals surface area contributed by atoms with E-state index in [9.17, 15) is 13.6 Å². The Morgan fingerprint density at radius 1 is 1.32 bits per heavy atom. The standard InChI is InChI=1S/C19H17F2N3O/c1-2-9-22-19(25)13-6-7-17(23-11-13)24-10-8-14(12-24)18-15(20)4-3-5-16(18)21/h1,3-7,11,14H,8-10,12H2,(H,22,25). The maximum absolute atomic E-state index is 13.9. The van der Waals surface area contributed by atoms with E-state index in [1.807, 2.05) is 4.90 Å². The molecule has 1 fully saturated rings. The molecule has 1 aliphatic rings. The number of hydrogen-bond donors (Lipinski definition) is 1. The number of nitrogens with zero attached hydrogens (tertiary/aromatic N) is 2. The summed E-state index contributed by atoms with van der Waals surface area (Å²) in [5, 5.41) is 2.57. The highest BCUT2D eigenvalue weighted by atomic mass is 19.1. The summed E-state index contributed by atoms with van der Waals surface area (Å²) in [6, 6.07) is 7.31. The second-order valence-electron chi connectivity index (χ2n) is 5.86. The monoisotopic (exact) mass is 341 g/mol. The highest BCUT2D eigenvalue weighted by Gasteiger charge is 2.29. The van der Waals surface area contributed by atoms with Gasteiger partial charge < -0.3 is 10.2 Å². The van der Waals surface area contributed by atoms with Gasteiger partial charge in [0.1, 0.15) is 17.5 Å². The minimum Gasteiger partial charge on any atom is -0.356 e. The number of halogens is 2. The number of anilines is 1. The number of aromatic nitrogens is 1. The average Bonchev–Trinajstić information content (AvgIpc) is 3.09. The number of pyridine rings is 1. The number of hydrogen-bond acceptors (Lipinski definition) is 3. The Balaban J connectivity index is 1.70. The summed E-state index contributed by atoms with van der Waals surface area (Å²) in [4.78, 5) is 18.1. The third-order valence-corrected chi connectivity index (χ3v) is 4.28. The van der Waals surface area contributed by atoms with Crippen LogP contribution in [0.15, 0.2) is 36.5 Å². The summed E-state index contributed by atoms with van der Waals surface area (Å²) in [6.45, 7) is 1.28. The van der Waals surface area contributed by atoms with Gasteiger partial charge in [-0.3, -0.25) is 4.79 Å². The molecular formula is C19H17F2N3O. The summed E-state index contributed by atoms with van der Waals surface area (Å²) >= 11 is 0. The topological polar surface area (TPSA) is 45.2 Å². The fraction of sp³-hybridized carbons (Fsp3) is 0.263. The van der Waals surface area contributed by atoms with Gasteiger partial charge >= 0.3 is 0 Å². The molecule has 0 aliphatic carbocycles. The molecule has 1 aliphatic heterocycles. The van der Waals surface area contributed by atoms with Crippen molar-refractivity contribution in [2.75, 3.05) is 24.5 Å². The van der Waals surface area contributed by atoms with Gasteiger partial charge in [0.2, 0.25) is 0 Å². The number of benzene rings is 1. The Bertz CT molecular complexity index is 794. The molecule has 1 N–H and O–H groups in total. The lowest BCUT2D eigenvalue weighted by molar-refractivity contribution is 0.0958. The van der Waals surface area contributed by atoms with E-state index < -0.39 is 11.6 Å². The molecule has 1 aromatic carbocycles. The fourth-order valence-corrected chi connectivity index (χ4v) is 3.05. The summed E-state index contributed by atoms with van der Waals surface area (Å²) in [5.74, 6) is 1.47. The van der Waals surface area contributed by atoms with E-state index >= 15 is 0 Å². The lowest BCUT2D eigenvalue weighted by Gasteiger charge is -2.18. The maximum atomic E-state index is 13.9. The average molecular weight is 341 g/mol. The molecule has 1 atom stereocenters. The van der Waals surface area contributed by atoms with Crippen molar-refractivity contribution in [3.05, 3.63) is 59.3 Å². The molecule has 2 aromatic rings. The van der Waals surface area contributed by atoms with Gasteiger partial charge in [0.15, 0.2) is 0 Å². The van der Waals surface area contributed by atoms with E-state index in [0.29, 0.717) is 30.9 Å². The number of rotatable bonds is 4. The van der Waals surface area contributed by atoms with E-state index in [2.05, 4.69) is 16.2 Å². The van der Waals surface area contributed by atoms with Crippen LogP contribution in [-0.2, 0) is 0 Å². The Morgan fingerprint density at radius 2 is 2.08 bits per heavy atom. The second-order valence-corrected chi connectivity index (χ2v) is 5.86. The van der Waals surface area contributed by atoms with E-state index in [1.165, 1.54) is 24.4 Å². The molecule has 0 radical (unpaired) electrons. The molecule has 2 heterocycles. The van der Waals surface area contributed by atoms with E-state index in [1.54, 1.807) is 12.1 Å². The first-order chi connectivity index (χ1) is 12.1. The van der Waals surface area contributed by atoms with Crippen LogP contribution in [-0.4, -0.2) is 30.5 Å². The molecule has 1 aromatic heterocycles. The van der Waals surface area contributed by atoms with Crippen LogP contribution in [0.5, 0.6) is 0 Å². The van der Waals surface area contributed by atoms with Crippen molar-refractivity contribution >= 4 is 11.7 Å². The number of carbonyl (C=O) groups excluding carboxylic acids is 1. The number of terminal acetylenes is 1. The molecule has 3 rings (SSSR count). The first-order valence-corrected chi connectivity index (χ1v) is 7.96. The van der Waals surface area contributed by atoms with Crippen LogP contribution in [0, 0.1) is 24.0 Å². The van der Waals surface area contributed by atoms with Crippen molar-refractivity contribution in [2.45, 2.75) is 12.3 Å². The zero-order valence-electron chi connectivity index (χ0n) is 13.5. The van der Waals surface area contributed by atoms with Crippen LogP contribution < -0.4 is 10.2 Å². The number of nitrogens with one attached hydrogen (secondary N) is 1. The van der Waals surface area contributed by atoms with Gasteiger partial charge in [-0.2, -0.15) is 0 Å². The van der Waals surface area contributed by atoms with Crippen molar-refractivity contribution < 1.29 is 13.6 Å². The molecule has 25 heavy (non-hydrogen) atoms. The summed E-state index contributed by atoms with van der Waals surface area (Å²) < 4.78 is 27.9. The molecule has 0 saturated carbocycles. The first kappa shape index (κ1) is 16.9. The minimum absolute atomic E-state index is 0.135. The molecule has 128 valence electrons. The Kier molecular flexibility index (Phi) is 4.94. The molecular weight excluding hydrogens is 324 g/mol. The van der Waals surface area contributed by atoms with Crippen LogP contribution in [0.25, 0.3) is 0 Å². The quantitative estimate of drug-likeness (QED) is 0.870. The van der Waals surface area contributed by atoms with Gasteiger partial charge in [0.25, 0.3) is 5.91 Å². The van der Waals surface area contributed by atoms with Crippen molar-refractivity contribution in [1.29, 1.82) is 0 Å². The fourth-order valence-electron chi connectivity index (χ4n) is 3.05. The zero-order valence-corrected chi connectivity index (χ0v) is 13.5. The third-order valence-electron chi connectivity index (χ3n) is 4.28. The smallest absolute Gasteiger partial charge is 0.253 e. The van der Waals surface area contributed by atoms with E-state index in [-0.39, 0.29) is 23.9 Å². The lowest BCUT2D eigenvalue weighted by atomic mass is 9.97. The first-order valence-electron chi connectivity index (χ1n) is 7.96. The van der Waals surface area contributed by atoms with Gasteiger partial charge in [0.05, 0.1) is 12.1 Å². The molecule has 0 spiro atoms. The van der Waals surface area contributed by atoms with Crippen molar-refractivity contribution in [1.82, 2.24) is 10.3 Å². The molecule has 1 unspecified atom stereocenters. The van der Waals surface area contributed by atoms with Crippen LogP contribution >= 0.6 is 0 Å². The van der Waals surface area contributed by atoms with E-state index in [0.717, 1.165) is 0 Å². The normalized spacial score (nSPS) is 16.5. The molecule has 1 amide bonds. The van der Waals surface area contributed by atoms with Crippen molar-refractivity contribution in [3.63, 3.8) is 0 Å². The number of amides is 1. The van der Waals surface area contributed by atoms with Gasteiger partial charge in [-0.15, -0.1) is 6.42 Å². The van der Waals surface area contributed by atoms with Gasteiger partial charge in [-0.25, -0.2) is 13.8 Å². The van der Waals surface area contributed by atoms with E-state index in [4.69, 9.17) is 6.42 Å². The SMILES string of the molecule is C#CCNC(=O)c1ccc(N2CCC(c3c(F)cccc3F)C2)nc1. The highest BCUT2D eigenvalue weighted by Crippen LogP contribution is 2.32. The second kappa shape index (κ2) is 7.31. The van der Waals surface area contributed by atoms with Gasteiger partial charge in [0, 0.05) is 30.8 Å². The maximum Gasteiger partial charge on any atom is 0.253 e. The largest absolute Gasteiger partial charge is 0.356 e. The zero-order chi connectivity index (χ0) is 17.8. The van der Waals surface area contributed by atoms with Crippen LogP contribution in [0.2, 0.25) is 0 Å². The summed E-state index contributed by atoms with van der Waals surface area (Å²) in [5.41, 5.74) is 0.546. The van der Waals surface area contributed by atoms with Gasteiger partial charge in [-0.05, 0) is 30.7 Å². The highest BCUT2D eigenvalue weighted by molar-refractivity contribution is 5.94. The number of carbonyl (C=O) groups is 1. The summed E-state index contributed by atoms with van der Waals surface area (Å²) in [6.07, 6.45) is 7.22. The predicted octanol–water partition coefficient (Wildman–Crippen LogP) is 2.72. The Labute approximate surface area is 144 Å². The van der Waals surface area contributed by atoms with Crippen LogP contribution in [0.1, 0.15) is 28.3 Å². The molecule has 4 nitrogen and oxygen atoms in total. The predicted molar refractivity (Wildman–Crippen MR) is 91.3 cm³/mol. The molecule has 1 saturated heterocycles. The van der Waals surface area contributed by atoms with Crippen molar-refractivity contribution in [3.8, 4) is 12.3 Å². The lowest BCUT2D eigenvalue weighted by Crippen LogP contribution is -2.24. The Hall–Kier alpha value is -2.94. The third kappa shape index (κ3) is 3.61. The van der Waals surface area contributed by atoms with Gasteiger partial charge in [-0.1, -0.05) is 12.0 Å². The summed E-state index contributed by atoms with van der Waals surface area (Å²) in [7, 11) is 0. The molecule has 6 heteroatoms. The van der Waals surface area contributed by atoms with Crippen LogP contribution in [0.4, 0.5) is 14.6 Å². The minimum atomic E-state index is -0.514. The molecule has 0 bridgehead atoms. The Morgan fingerprint density at radius 3 is 2.72 bits per heavy atom. The van der Waals surface area contributed by atoms with Crippen LogP contribution in [0.3, 0.4) is 0 Å². The van der Waals surface area contributed by atoms with Crippen molar-refractivity contribution in [2.24, 2.45) is 0 Å².